The molecule has 0 bridgehead atoms. The maximum Gasteiger partial charge on any atom is 0.332 e. The highest BCUT2D eigenvalue weighted by molar-refractivity contribution is 7.99. The molecule has 164 valence electrons. The highest BCUT2D eigenvalue weighted by atomic mass is 32.2. The van der Waals surface area contributed by atoms with Crippen LogP contribution in [0, 0.1) is 5.82 Å². The van der Waals surface area contributed by atoms with Crippen molar-refractivity contribution in [2.75, 3.05) is 11.1 Å². The number of carbonyl (C=O) groups excluding carboxylic acids is 1. The van der Waals surface area contributed by atoms with Crippen LogP contribution in [0.2, 0.25) is 0 Å². The third kappa shape index (κ3) is 4.09. The molecule has 8 nitrogen and oxygen atoms in total. The Kier molecular flexibility index (Phi) is 5.95. The molecule has 4 aromatic rings. The van der Waals surface area contributed by atoms with Gasteiger partial charge in [-0.25, -0.2) is 14.2 Å². The van der Waals surface area contributed by atoms with Crippen molar-refractivity contribution in [1.82, 2.24) is 18.7 Å². The average molecular weight is 453 g/mol. The number of aromatic nitrogens is 4. The molecule has 2 aromatic heterocycles. The molecule has 0 spiro atoms. The average Bonchev–Trinajstić information content (AvgIpc) is 3.15. The van der Waals surface area contributed by atoms with Crippen molar-refractivity contribution < 1.29 is 9.18 Å². The summed E-state index contributed by atoms with van der Waals surface area (Å²) in [7, 11) is 2.89. The summed E-state index contributed by atoms with van der Waals surface area (Å²) < 4.78 is 18.2. The van der Waals surface area contributed by atoms with Crippen LogP contribution < -0.4 is 16.6 Å². The molecule has 1 N–H and O–H groups in total. The first-order valence-electron chi connectivity index (χ1n) is 9.74. The lowest BCUT2D eigenvalue weighted by Gasteiger charge is -2.10. The number of anilines is 1. The van der Waals surface area contributed by atoms with E-state index in [-0.39, 0.29) is 29.4 Å². The van der Waals surface area contributed by atoms with Crippen molar-refractivity contribution in [2.45, 2.75) is 11.7 Å². The maximum atomic E-state index is 14.3. The number of fused-ring (bicyclic) bond motifs is 1. The van der Waals surface area contributed by atoms with Crippen LogP contribution >= 0.6 is 11.8 Å². The van der Waals surface area contributed by atoms with E-state index in [0.717, 1.165) is 16.3 Å². The lowest BCUT2D eigenvalue weighted by molar-refractivity contribution is -0.113. The fraction of sp³-hybridized carbons (Fsp3) is 0.182. The number of carbonyl (C=O) groups is 1. The Morgan fingerprint density at radius 3 is 2.44 bits per heavy atom. The second kappa shape index (κ2) is 8.83. The monoisotopic (exact) mass is 453 g/mol. The number of nitrogens with one attached hydrogen (secondary N) is 1. The Labute approximate surface area is 186 Å². The van der Waals surface area contributed by atoms with Gasteiger partial charge in [-0.05, 0) is 18.2 Å². The van der Waals surface area contributed by atoms with Crippen LogP contribution in [-0.4, -0.2) is 30.3 Å². The standard InChI is InChI=1S/C22H20FN5O3S/c1-26-19-18(20(30)27(2)22(26)31)28(12-14-8-6-7-11-16(14)23)21(25-19)32-13-17(29)24-15-9-4-3-5-10-15/h3-11H,12-13H2,1-2H3,(H,24,29). The van der Waals surface area contributed by atoms with E-state index in [4.69, 9.17) is 0 Å². The summed E-state index contributed by atoms with van der Waals surface area (Å²) in [6.07, 6.45) is 0. The Morgan fingerprint density at radius 1 is 1.03 bits per heavy atom. The Balaban J connectivity index is 1.74. The topological polar surface area (TPSA) is 90.9 Å². The summed E-state index contributed by atoms with van der Waals surface area (Å²) in [4.78, 5) is 42.1. The van der Waals surface area contributed by atoms with E-state index in [1.807, 2.05) is 18.2 Å². The van der Waals surface area contributed by atoms with Gasteiger partial charge in [-0.2, -0.15) is 0 Å². The highest BCUT2D eigenvalue weighted by Crippen LogP contribution is 2.24. The molecule has 10 heteroatoms. The van der Waals surface area contributed by atoms with Crippen LogP contribution in [0.4, 0.5) is 10.1 Å². The van der Waals surface area contributed by atoms with Gasteiger partial charge in [0.25, 0.3) is 5.56 Å². The molecule has 0 radical (unpaired) electrons. The van der Waals surface area contributed by atoms with E-state index < -0.39 is 17.1 Å². The molecule has 0 aliphatic heterocycles. The van der Waals surface area contributed by atoms with Gasteiger partial charge in [-0.15, -0.1) is 0 Å². The summed E-state index contributed by atoms with van der Waals surface area (Å²) in [5.74, 6) is -0.662. The number of nitrogens with zero attached hydrogens (tertiary/aromatic N) is 4. The van der Waals surface area contributed by atoms with E-state index in [9.17, 15) is 18.8 Å². The smallest absolute Gasteiger partial charge is 0.325 e. The van der Waals surface area contributed by atoms with E-state index in [1.165, 1.54) is 24.7 Å². The quantitative estimate of drug-likeness (QED) is 0.453. The van der Waals surface area contributed by atoms with Crippen molar-refractivity contribution in [3.8, 4) is 0 Å². The number of para-hydroxylation sites is 1. The predicted octanol–water partition coefficient (Wildman–Crippen LogP) is 2.35. The molecule has 0 atom stereocenters. The number of amides is 1. The third-order valence-corrected chi connectivity index (χ3v) is 5.97. The van der Waals surface area contributed by atoms with Gasteiger partial charge in [-0.1, -0.05) is 48.2 Å². The SMILES string of the molecule is Cn1c(=O)c2c(nc(SCC(=O)Nc3ccccc3)n2Cc2ccccc2F)n(C)c1=O. The molecule has 0 aliphatic carbocycles. The molecule has 0 aliphatic rings. The lowest BCUT2D eigenvalue weighted by Crippen LogP contribution is -2.37. The second-order valence-electron chi connectivity index (χ2n) is 7.15. The number of benzene rings is 2. The normalized spacial score (nSPS) is 11.1. The Morgan fingerprint density at radius 2 is 1.72 bits per heavy atom. The van der Waals surface area contributed by atoms with E-state index in [1.54, 1.807) is 34.9 Å². The number of imidazole rings is 1. The first-order valence-corrected chi connectivity index (χ1v) is 10.7. The van der Waals surface area contributed by atoms with E-state index >= 15 is 0 Å². The van der Waals surface area contributed by atoms with Gasteiger partial charge in [0.1, 0.15) is 5.82 Å². The summed E-state index contributed by atoms with van der Waals surface area (Å²) >= 11 is 1.11. The summed E-state index contributed by atoms with van der Waals surface area (Å²) in [5.41, 5.74) is 0.320. The third-order valence-electron chi connectivity index (χ3n) is 4.99. The predicted molar refractivity (Wildman–Crippen MR) is 122 cm³/mol. The van der Waals surface area contributed by atoms with Gasteiger partial charge in [0.15, 0.2) is 16.3 Å². The van der Waals surface area contributed by atoms with E-state index in [2.05, 4.69) is 10.3 Å². The number of thioether (sulfide) groups is 1. The second-order valence-corrected chi connectivity index (χ2v) is 8.10. The van der Waals surface area contributed by atoms with Crippen LogP contribution in [0.15, 0.2) is 69.3 Å². The zero-order chi connectivity index (χ0) is 22.8. The lowest BCUT2D eigenvalue weighted by atomic mass is 10.2. The van der Waals surface area contributed by atoms with Crippen LogP contribution in [0.3, 0.4) is 0 Å². The zero-order valence-corrected chi connectivity index (χ0v) is 18.2. The Bertz CT molecular complexity index is 1430. The maximum absolute atomic E-state index is 14.3. The molecule has 0 unspecified atom stereocenters. The molecule has 32 heavy (non-hydrogen) atoms. The number of aryl methyl sites for hydroxylation is 1. The largest absolute Gasteiger partial charge is 0.332 e. The number of hydrogen-bond acceptors (Lipinski definition) is 5. The van der Waals surface area contributed by atoms with Crippen molar-refractivity contribution in [3.05, 3.63) is 86.8 Å². The first kappa shape index (κ1) is 21.6. The fourth-order valence-electron chi connectivity index (χ4n) is 3.33. The minimum Gasteiger partial charge on any atom is -0.325 e. The van der Waals surface area contributed by atoms with Gasteiger partial charge < -0.3 is 9.88 Å². The fourth-order valence-corrected chi connectivity index (χ4v) is 4.12. The highest BCUT2D eigenvalue weighted by Gasteiger charge is 2.21. The summed E-state index contributed by atoms with van der Waals surface area (Å²) in [5, 5.41) is 3.13. The van der Waals surface area contributed by atoms with Crippen LogP contribution in [0.5, 0.6) is 0 Å². The molecule has 4 rings (SSSR count). The van der Waals surface area contributed by atoms with Crippen molar-refractivity contribution in [3.63, 3.8) is 0 Å². The first-order chi connectivity index (χ1) is 15.4. The molecule has 0 saturated carbocycles. The minimum absolute atomic E-state index is 0.0176. The molecular formula is C22H20FN5O3S. The molecule has 0 saturated heterocycles. The van der Waals surface area contributed by atoms with Gasteiger partial charge in [0.05, 0.1) is 12.3 Å². The molecule has 2 aromatic carbocycles. The summed E-state index contributed by atoms with van der Waals surface area (Å²) in [6, 6.07) is 15.3. The van der Waals surface area contributed by atoms with Crippen molar-refractivity contribution in [2.24, 2.45) is 14.1 Å². The Hall–Kier alpha value is -3.66. The number of halogens is 1. The molecule has 0 fully saturated rings. The summed E-state index contributed by atoms with van der Waals surface area (Å²) in [6.45, 7) is 0.0270. The zero-order valence-electron chi connectivity index (χ0n) is 17.4. The molecule has 2 heterocycles. The minimum atomic E-state index is -0.535. The van der Waals surface area contributed by atoms with Crippen LogP contribution in [0.25, 0.3) is 11.2 Å². The van der Waals surface area contributed by atoms with Crippen LogP contribution in [-0.2, 0) is 25.4 Å². The number of rotatable bonds is 6. The van der Waals surface area contributed by atoms with Gasteiger partial charge >= 0.3 is 5.69 Å². The molecular weight excluding hydrogens is 433 g/mol. The van der Waals surface area contributed by atoms with Gasteiger partial charge in [0, 0.05) is 25.3 Å². The van der Waals surface area contributed by atoms with Gasteiger partial charge in [0.2, 0.25) is 5.91 Å². The van der Waals surface area contributed by atoms with Gasteiger partial charge in [-0.3, -0.25) is 18.7 Å². The molecule has 1 amide bonds. The van der Waals surface area contributed by atoms with Crippen molar-refractivity contribution in [1.29, 1.82) is 0 Å². The number of hydrogen-bond donors (Lipinski definition) is 1. The van der Waals surface area contributed by atoms with Crippen LogP contribution in [0.1, 0.15) is 5.56 Å². The van der Waals surface area contributed by atoms with Crippen molar-refractivity contribution >= 4 is 34.5 Å². The van der Waals surface area contributed by atoms with E-state index in [0.29, 0.717) is 16.4 Å².